The Labute approximate surface area is 170 Å². The first-order valence-electron chi connectivity index (χ1n) is 9.01. The van der Waals surface area contributed by atoms with Gasteiger partial charge in [-0.3, -0.25) is 0 Å². The van der Waals surface area contributed by atoms with E-state index in [9.17, 15) is 17.6 Å². The number of likely N-dealkylation sites (N-methyl/N-ethyl adjacent to an activating group) is 1. The number of nitrogens with zero attached hydrogens (tertiary/aromatic N) is 1. The number of anilines is 1. The number of ether oxygens (including phenoxy) is 1. The monoisotopic (exact) mass is 423 g/mol. The van der Waals surface area contributed by atoms with Crippen LogP contribution in [0, 0.1) is 5.82 Å². The Morgan fingerprint density at radius 3 is 2.41 bits per heavy atom. The Balaban J connectivity index is 1.93. The molecule has 0 saturated carbocycles. The summed E-state index contributed by atoms with van der Waals surface area (Å²) in [4.78, 5) is 13.8. The summed E-state index contributed by atoms with van der Waals surface area (Å²) in [7, 11) is -2.12. The van der Waals surface area contributed by atoms with Gasteiger partial charge in [0.2, 0.25) is 10.0 Å². The first-order chi connectivity index (χ1) is 13.5. The normalized spacial score (nSPS) is 11.8. The molecule has 0 radical (unpaired) electrons. The third-order valence-corrected chi connectivity index (χ3v) is 5.45. The van der Waals surface area contributed by atoms with Crippen molar-refractivity contribution in [2.75, 3.05) is 25.5 Å². The maximum atomic E-state index is 12.9. The molecule has 29 heavy (non-hydrogen) atoms. The van der Waals surface area contributed by atoms with E-state index in [1.165, 1.54) is 41.3 Å². The van der Waals surface area contributed by atoms with Crippen LogP contribution in [0.1, 0.15) is 20.8 Å². The van der Waals surface area contributed by atoms with Crippen molar-refractivity contribution in [1.29, 1.82) is 0 Å². The van der Waals surface area contributed by atoms with E-state index in [4.69, 9.17) is 4.74 Å². The van der Waals surface area contributed by atoms with Gasteiger partial charge in [0, 0.05) is 18.3 Å². The lowest BCUT2D eigenvalue weighted by atomic mass is 10.1. The zero-order valence-electron chi connectivity index (χ0n) is 16.9. The molecule has 0 spiro atoms. The molecule has 158 valence electrons. The maximum Gasteiger partial charge on any atom is 0.321 e. The molecule has 2 aromatic rings. The van der Waals surface area contributed by atoms with Crippen LogP contribution in [0.2, 0.25) is 0 Å². The van der Waals surface area contributed by atoms with Crippen LogP contribution >= 0.6 is 0 Å². The molecule has 0 unspecified atom stereocenters. The first-order valence-corrected chi connectivity index (χ1v) is 10.5. The Bertz CT molecular complexity index is 941. The number of hydrogen-bond donors (Lipinski definition) is 2. The summed E-state index contributed by atoms with van der Waals surface area (Å²) in [5.74, 6) is 0.153. The molecule has 0 aliphatic carbocycles. The smallest absolute Gasteiger partial charge is 0.321 e. The van der Waals surface area contributed by atoms with Crippen molar-refractivity contribution in [1.82, 2.24) is 9.62 Å². The largest absolute Gasteiger partial charge is 0.492 e. The lowest BCUT2D eigenvalue weighted by Gasteiger charge is -2.21. The van der Waals surface area contributed by atoms with E-state index in [1.54, 1.807) is 40.0 Å². The minimum atomic E-state index is -3.71. The topological polar surface area (TPSA) is 87.7 Å². The summed E-state index contributed by atoms with van der Waals surface area (Å²) in [6, 6.07) is 11.2. The van der Waals surface area contributed by atoms with Gasteiger partial charge in [-0.1, -0.05) is 6.07 Å². The highest BCUT2D eigenvalue weighted by atomic mass is 32.2. The fraction of sp³-hybridized carbons (Fsp3) is 0.350. The van der Waals surface area contributed by atoms with Crippen molar-refractivity contribution in [2.45, 2.75) is 31.2 Å². The minimum absolute atomic E-state index is 0.0625. The van der Waals surface area contributed by atoms with E-state index >= 15 is 0 Å². The lowest BCUT2D eigenvalue weighted by Crippen LogP contribution is -2.40. The van der Waals surface area contributed by atoms with Crippen molar-refractivity contribution >= 4 is 21.7 Å². The quantitative estimate of drug-likeness (QED) is 0.714. The predicted molar refractivity (Wildman–Crippen MR) is 110 cm³/mol. The van der Waals surface area contributed by atoms with Gasteiger partial charge in [-0.15, -0.1) is 0 Å². The fourth-order valence-electron chi connectivity index (χ4n) is 2.35. The van der Waals surface area contributed by atoms with Gasteiger partial charge < -0.3 is 15.0 Å². The number of sulfonamides is 1. The highest BCUT2D eigenvalue weighted by Gasteiger charge is 2.22. The zero-order valence-corrected chi connectivity index (χ0v) is 17.7. The van der Waals surface area contributed by atoms with E-state index in [2.05, 4.69) is 10.0 Å². The Morgan fingerprint density at radius 1 is 1.14 bits per heavy atom. The number of nitrogens with one attached hydrogen (secondary N) is 2. The van der Waals surface area contributed by atoms with E-state index in [0.29, 0.717) is 11.4 Å². The van der Waals surface area contributed by atoms with Gasteiger partial charge in [-0.2, -0.15) is 0 Å². The average molecular weight is 424 g/mol. The predicted octanol–water partition coefficient (Wildman–Crippen LogP) is 3.45. The summed E-state index contributed by atoms with van der Waals surface area (Å²) in [6.07, 6.45) is 0. The Hall–Kier alpha value is -2.65. The molecule has 0 fully saturated rings. The fourth-order valence-corrected chi connectivity index (χ4v) is 3.82. The van der Waals surface area contributed by atoms with Crippen LogP contribution in [0.3, 0.4) is 0 Å². The van der Waals surface area contributed by atoms with Crippen LogP contribution < -0.4 is 14.8 Å². The molecular formula is C20H26FN3O4S. The number of rotatable bonds is 7. The molecule has 0 aliphatic rings. The first kappa shape index (κ1) is 22.6. The number of urea groups is 1. The van der Waals surface area contributed by atoms with Crippen LogP contribution in [0.15, 0.2) is 53.4 Å². The molecule has 0 aliphatic heterocycles. The summed E-state index contributed by atoms with van der Waals surface area (Å²) in [5, 5.41) is 2.66. The second-order valence-corrected chi connectivity index (χ2v) is 9.22. The van der Waals surface area contributed by atoms with Gasteiger partial charge in [-0.05, 0) is 63.2 Å². The van der Waals surface area contributed by atoms with Crippen molar-refractivity contribution in [2.24, 2.45) is 0 Å². The number of halogens is 1. The van der Waals surface area contributed by atoms with Gasteiger partial charge in [0.15, 0.2) is 0 Å². The second kappa shape index (κ2) is 9.23. The molecule has 7 nitrogen and oxygen atoms in total. The Morgan fingerprint density at radius 2 is 1.79 bits per heavy atom. The summed E-state index contributed by atoms with van der Waals surface area (Å²) >= 11 is 0. The van der Waals surface area contributed by atoms with Crippen LogP contribution in [-0.4, -0.2) is 45.1 Å². The average Bonchev–Trinajstić information content (AvgIpc) is 2.61. The molecule has 9 heteroatoms. The van der Waals surface area contributed by atoms with Crippen molar-refractivity contribution < 1.29 is 22.3 Å². The van der Waals surface area contributed by atoms with Gasteiger partial charge >= 0.3 is 6.03 Å². The number of benzene rings is 2. The summed E-state index contributed by atoms with van der Waals surface area (Å²) in [6.45, 7) is 5.75. The molecule has 0 bridgehead atoms. The van der Waals surface area contributed by atoms with E-state index in [1.807, 2.05) is 0 Å². The highest BCUT2D eigenvalue weighted by molar-refractivity contribution is 7.89. The summed E-state index contributed by atoms with van der Waals surface area (Å²) < 4.78 is 45.8. The highest BCUT2D eigenvalue weighted by Crippen LogP contribution is 2.18. The standard InChI is InChI=1S/C20H26FN3O4S/c1-20(2,3)23-29(26,27)18-7-5-6-16(14-18)22-19(25)24(4)12-13-28-17-10-8-15(21)9-11-17/h5-11,14,23H,12-13H2,1-4H3,(H,22,25). The van der Waals surface area contributed by atoms with E-state index < -0.39 is 21.6 Å². The van der Waals surface area contributed by atoms with E-state index in [0.717, 1.165) is 0 Å². The van der Waals surface area contributed by atoms with Gasteiger partial charge in [0.1, 0.15) is 18.2 Å². The number of carbonyl (C=O) groups is 1. The van der Waals surface area contributed by atoms with Crippen LogP contribution in [-0.2, 0) is 10.0 Å². The third-order valence-electron chi connectivity index (χ3n) is 3.69. The molecule has 2 N–H and O–H groups in total. The zero-order chi connectivity index (χ0) is 21.7. The van der Waals surface area contributed by atoms with Crippen molar-refractivity contribution in [3.05, 3.63) is 54.3 Å². The second-order valence-electron chi connectivity index (χ2n) is 7.54. The number of hydrogen-bond acceptors (Lipinski definition) is 4. The van der Waals surface area contributed by atoms with Crippen molar-refractivity contribution in [3.63, 3.8) is 0 Å². The van der Waals surface area contributed by atoms with Gasteiger partial charge in [0.25, 0.3) is 0 Å². The molecule has 0 atom stereocenters. The van der Waals surface area contributed by atoms with Gasteiger partial charge in [0.05, 0.1) is 11.4 Å². The SMILES string of the molecule is CN(CCOc1ccc(F)cc1)C(=O)Nc1cccc(S(=O)(=O)NC(C)(C)C)c1. The molecular weight excluding hydrogens is 397 g/mol. The maximum absolute atomic E-state index is 12.9. The molecule has 2 amide bonds. The van der Waals surface area contributed by atoms with Gasteiger partial charge in [-0.25, -0.2) is 22.3 Å². The van der Waals surface area contributed by atoms with Crippen LogP contribution in [0.25, 0.3) is 0 Å². The number of carbonyl (C=O) groups excluding carboxylic acids is 1. The molecule has 0 aromatic heterocycles. The molecule has 2 rings (SSSR count). The van der Waals surface area contributed by atoms with Crippen LogP contribution in [0.5, 0.6) is 5.75 Å². The third kappa shape index (κ3) is 7.35. The minimum Gasteiger partial charge on any atom is -0.492 e. The lowest BCUT2D eigenvalue weighted by molar-refractivity contribution is 0.207. The van der Waals surface area contributed by atoms with Crippen LogP contribution in [0.4, 0.5) is 14.9 Å². The Kier molecular flexibility index (Phi) is 7.21. The van der Waals surface area contributed by atoms with E-state index in [-0.39, 0.29) is 23.9 Å². The molecule has 0 heterocycles. The molecule has 2 aromatic carbocycles. The molecule has 0 saturated heterocycles. The number of amides is 2. The van der Waals surface area contributed by atoms with Crippen molar-refractivity contribution in [3.8, 4) is 5.75 Å². The summed E-state index contributed by atoms with van der Waals surface area (Å²) in [5.41, 5.74) is -0.263.